The molecule has 0 unspecified atom stereocenters. The second kappa shape index (κ2) is 5.54. The van der Waals surface area contributed by atoms with Gasteiger partial charge in [-0.25, -0.2) is 13.4 Å². The number of nitrogens with two attached hydrogens (primary N) is 1. The highest BCUT2D eigenvalue weighted by atomic mass is 35.5. The summed E-state index contributed by atoms with van der Waals surface area (Å²) in [6.45, 7) is 5.29. The van der Waals surface area contributed by atoms with Crippen LogP contribution in [0.15, 0.2) is 29.3 Å². The summed E-state index contributed by atoms with van der Waals surface area (Å²) in [5.41, 5.74) is 8.81. The van der Waals surface area contributed by atoms with Gasteiger partial charge in [-0.2, -0.15) is 0 Å². The average molecular weight is 326 g/mol. The zero-order chi connectivity index (χ0) is 15.8. The number of pyridine rings is 1. The molecule has 0 atom stereocenters. The quantitative estimate of drug-likeness (QED) is 0.671. The van der Waals surface area contributed by atoms with Gasteiger partial charge in [-0.05, 0) is 49.6 Å². The first-order valence-corrected chi connectivity index (χ1v) is 8.09. The molecule has 1 heterocycles. The number of nitrogen functional groups attached to an aromatic ring is 1. The van der Waals surface area contributed by atoms with Gasteiger partial charge >= 0.3 is 0 Å². The Hall–Kier alpha value is -1.79. The standard InChI is InChI=1S/C14H16ClN3O2S/c1-8-6-9(2)14(10(3)13(8)16)21(19,20)18-11-4-5-12(15)17-7-11/h4-7,18H,16H2,1-3H3. The van der Waals surface area contributed by atoms with Crippen LogP contribution in [0.5, 0.6) is 0 Å². The van der Waals surface area contributed by atoms with Gasteiger partial charge in [-0.1, -0.05) is 17.7 Å². The van der Waals surface area contributed by atoms with Crippen molar-refractivity contribution in [2.45, 2.75) is 25.7 Å². The number of hydrogen-bond acceptors (Lipinski definition) is 4. The molecule has 0 amide bonds. The van der Waals surface area contributed by atoms with Crippen molar-refractivity contribution in [1.29, 1.82) is 0 Å². The summed E-state index contributed by atoms with van der Waals surface area (Å²) < 4.78 is 27.6. The third-order valence-corrected chi connectivity index (χ3v) is 5.10. The maximum absolute atomic E-state index is 12.6. The van der Waals surface area contributed by atoms with Crippen molar-refractivity contribution in [3.05, 3.63) is 46.2 Å². The van der Waals surface area contributed by atoms with Crippen molar-refractivity contribution in [2.24, 2.45) is 0 Å². The Kier molecular flexibility index (Phi) is 4.11. The van der Waals surface area contributed by atoms with Crippen molar-refractivity contribution in [3.8, 4) is 0 Å². The van der Waals surface area contributed by atoms with Crippen LogP contribution in [-0.2, 0) is 10.0 Å². The lowest BCUT2D eigenvalue weighted by molar-refractivity contribution is 0.600. The molecule has 0 spiro atoms. The Morgan fingerprint density at radius 1 is 1.19 bits per heavy atom. The Labute approximate surface area is 129 Å². The van der Waals surface area contributed by atoms with E-state index in [4.69, 9.17) is 17.3 Å². The van der Waals surface area contributed by atoms with Crippen LogP contribution in [-0.4, -0.2) is 13.4 Å². The van der Waals surface area contributed by atoms with E-state index in [-0.39, 0.29) is 4.90 Å². The van der Waals surface area contributed by atoms with E-state index in [9.17, 15) is 8.42 Å². The van der Waals surface area contributed by atoms with Gasteiger partial charge in [0.2, 0.25) is 0 Å². The van der Waals surface area contributed by atoms with Gasteiger partial charge in [0.25, 0.3) is 10.0 Å². The molecule has 21 heavy (non-hydrogen) atoms. The molecule has 1 aromatic carbocycles. The van der Waals surface area contributed by atoms with Crippen LogP contribution < -0.4 is 10.5 Å². The lowest BCUT2D eigenvalue weighted by Crippen LogP contribution is -2.17. The lowest BCUT2D eigenvalue weighted by atomic mass is 10.1. The molecule has 5 nitrogen and oxygen atoms in total. The number of anilines is 2. The smallest absolute Gasteiger partial charge is 0.262 e. The van der Waals surface area contributed by atoms with Gasteiger partial charge < -0.3 is 5.73 Å². The normalized spacial score (nSPS) is 11.4. The fourth-order valence-corrected chi connectivity index (χ4v) is 3.88. The SMILES string of the molecule is Cc1cc(C)c(S(=O)(=O)Nc2ccc(Cl)nc2)c(C)c1N. The highest BCUT2D eigenvalue weighted by molar-refractivity contribution is 7.92. The van der Waals surface area contributed by atoms with E-state index in [2.05, 4.69) is 9.71 Å². The minimum atomic E-state index is -3.74. The molecule has 0 radical (unpaired) electrons. The fourth-order valence-electron chi connectivity index (χ4n) is 2.24. The molecule has 1 aromatic heterocycles. The molecule has 7 heteroatoms. The maximum atomic E-state index is 12.6. The van der Waals surface area contributed by atoms with Crippen LogP contribution in [0.1, 0.15) is 16.7 Å². The van der Waals surface area contributed by atoms with Crippen molar-refractivity contribution in [1.82, 2.24) is 4.98 Å². The van der Waals surface area contributed by atoms with E-state index < -0.39 is 10.0 Å². The first-order chi connectivity index (χ1) is 9.72. The molecule has 2 aromatic rings. The van der Waals surface area contributed by atoms with Crippen molar-refractivity contribution in [3.63, 3.8) is 0 Å². The Morgan fingerprint density at radius 2 is 1.86 bits per heavy atom. The molecule has 0 saturated heterocycles. The lowest BCUT2D eigenvalue weighted by Gasteiger charge is -2.16. The van der Waals surface area contributed by atoms with E-state index in [0.29, 0.717) is 27.7 Å². The number of nitrogens with one attached hydrogen (secondary N) is 1. The zero-order valence-corrected chi connectivity index (χ0v) is 13.5. The Balaban J connectivity index is 2.50. The molecule has 0 fully saturated rings. The number of sulfonamides is 1. The van der Waals surface area contributed by atoms with Crippen molar-refractivity contribution in [2.75, 3.05) is 10.5 Å². The van der Waals surface area contributed by atoms with Crippen molar-refractivity contribution < 1.29 is 8.42 Å². The zero-order valence-electron chi connectivity index (χ0n) is 11.9. The molecule has 112 valence electrons. The first kappa shape index (κ1) is 15.6. The number of hydrogen-bond donors (Lipinski definition) is 2. The number of halogens is 1. The van der Waals surface area contributed by atoms with Gasteiger partial charge in [0.1, 0.15) is 5.15 Å². The van der Waals surface area contributed by atoms with E-state index in [1.54, 1.807) is 26.0 Å². The van der Waals surface area contributed by atoms with Gasteiger partial charge in [-0.15, -0.1) is 0 Å². The predicted octanol–water partition coefficient (Wildman–Crippen LogP) is 3.04. The number of aromatic nitrogens is 1. The fraction of sp³-hybridized carbons (Fsp3) is 0.214. The third-order valence-electron chi connectivity index (χ3n) is 3.21. The highest BCUT2D eigenvalue weighted by Crippen LogP contribution is 2.29. The molecule has 0 aliphatic carbocycles. The second-order valence-corrected chi connectivity index (χ2v) is 6.86. The summed E-state index contributed by atoms with van der Waals surface area (Å²) in [5.74, 6) is 0. The molecular formula is C14H16ClN3O2S. The van der Waals surface area contributed by atoms with Gasteiger partial charge in [0.15, 0.2) is 0 Å². The summed E-state index contributed by atoms with van der Waals surface area (Å²) >= 11 is 5.68. The summed E-state index contributed by atoms with van der Waals surface area (Å²) in [5, 5.41) is 0.296. The molecule has 2 rings (SSSR count). The van der Waals surface area contributed by atoms with Gasteiger partial charge in [0, 0.05) is 5.69 Å². The maximum Gasteiger partial charge on any atom is 0.262 e. The monoisotopic (exact) mass is 325 g/mol. The summed E-state index contributed by atoms with van der Waals surface area (Å²) in [6, 6.07) is 4.83. The molecule has 3 N–H and O–H groups in total. The Morgan fingerprint density at radius 3 is 2.43 bits per heavy atom. The van der Waals surface area contributed by atoms with E-state index in [0.717, 1.165) is 5.56 Å². The number of aryl methyl sites for hydroxylation is 2. The third kappa shape index (κ3) is 3.11. The minimum Gasteiger partial charge on any atom is -0.398 e. The largest absolute Gasteiger partial charge is 0.398 e. The topological polar surface area (TPSA) is 85.1 Å². The van der Waals surface area contributed by atoms with E-state index >= 15 is 0 Å². The second-order valence-electron chi connectivity index (χ2n) is 4.85. The average Bonchev–Trinajstić information content (AvgIpc) is 2.38. The van der Waals surface area contributed by atoms with Gasteiger partial charge in [-0.3, -0.25) is 4.72 Å². The van der Waals surface area contributed by atoms with Crippen LogP contribution in [0.3, 0.4) is 0 Å². The van der Waals surface area contributed by atoms with Crippen LogP contribution in [0.2, 0.25) is 5.15 Å². The van der Waals surface area contributed by atoms with Crippen LogP contribution in [0, 0.1) is 20.8 Å². The highest BCUT2D eigenvalue weighted by Gasteiger charge is 2.22. The van der Waals surface area contributed by atoms with Crippen molar-refractivity contribution >= 4 is 33.0 Å². The van der Waals surface area contributed by atoms with E-state index in [1.807, 2.05) is 6.92 Å². The Bertz CT molecular complexity index is 787. The minimum absolute atomic E-state index is 0.195. The number of rotatable bonds is 3. The summed E-state index contributed by atoms with van der Waals surface area (Å²) in [6.07, 6.45) is 1.36. The first-order valence-electron chi connectivity index (χ1n) is 6.23. The number of benzene rings is 1. The number of nitrogens with zero attached hydrogens (tertiary/aromatic N) is 1. The van der Waals surface area contributed by atoms with Gasteiger partial charge in [0.05, 0.1) is 16.8 Å². The molecule has 0 saturated carbocycles. The summed E-state index contributed by atoms with van der Waals surface area (Å²) in [7, 11) is -3.74. The summed E-state index contributed by atoms with van der Waals surface area (Å²) in [4.78, 5) is 4.04. The molecular weight excluding hydrogens is 310 g/mol. The predicted molar refractivity (Wildman–Crippen MR) is 85.1 cm³/mol. The molecule has 0 aliphatic heterocycles. The van der Waals surface area contributed by atoms with E-state index in [1.165, 1.54) is 12.3 Å². The molecule has 0 bridgehead atoms. The van der Waals surface area contributed by atoms with Crippen LogP contribution >= 0.6 is 11.6 Å². The van der Waals surface area contributed by atoms with Crippen LogP contribution in [0.4, 0.5) is 11.4 Å². The van der Waals surface area contributed by atoms with Crippen LogP contribution in [0.25, 0.3) is 0 Å². The molecule has 0 aliphatic rings.